The molecule has 0 bridgehead atoms. The van der Waals surface area contributed by atoms with Crippen LogP contribution in [0.3, 0.4) is 0 Å². The Labute approximate surface area is 143 Å². The zero-order chi connectivity index (χ0) is 16.7. The minimum atomic E-state index is -0.414. The van der Waals surface area contributed by atoms with Gasteiger partial charge in [-0.2, -0.15) is 0 Å². The molecule has 0 aliphatic rings. The number of carbonyl (C=O) groups is 2. The van der Waals surface area contributed by atoms with Gasteiger partial charge in [0.25, 0.3) is 0 Å². The Balaban J connectivity index is 1.92. The van der Waals surface area contributed by atoms with Crippen molar-refractivity contribution in [2.24, 2.45) is 0 Å². The third-order valence-corrected chi connectivity index (χ3v) is 3.64. The van der Waals surface area contributed by atoms with Gasteiger partial charge in [-0.1, -0.05) is 28.1 Å². The van der Waals surface area contributed by atoms with Gasteiger partial charge in [-0.3, -0.25) is 4.79 Å². The Morgan fingerprint density at radius 2 is 1.65 bits per heavy atom. The van der Waals surface area contributed by atoms with Crippen LogP contribution < -0.4 is 4.74 Å². The number of carbonyl (C=O) groups excluding carboxylic acids is 2. The first-order valence-corrected chi connectivity index (χ1v) is 8.04. The number of benzene rings is 2. The van der Waals surface area contributed by atoms with E-state index in [1.807, 2.05) is 24.3 Å². The number of ketones is 1. The maximum absolute atomic E-state index is 12.2. The molecule has 0 fully saturated rings. The predicted octanol–water partition coefficient (Wildman–Crippen LogP) is 3.82. The summed E-state index contributed by atoms with van der Waals surface area (Å²) >= 11 is 3.37. The van der Waals surface area contributed by atoms with Gasteiger partial charge in [0, 0.05) is 16.5 Å². The first kappa shape index (κ1) is 17.2. The van der Waals surface area contributed by atoms with Crippen LogP contribution in [0.25, 0.3) is 0 Å². The van der Waals surface area contributed by atoms with E-state index in [1.165, 1.54) is 0 Å². The van der Waals surface area contributed by atoms with Crippen LogP contribution in [0.15, 0.2) is 53.0 Å². The lowest BCUT2D eigenvalue weighted by atomic mass is 10.0. The first-order chi connectivity index (χ1) is 11.1. The van der Waals surface area contributed by atoms with Gasteiger partial charge in [0.05, 0.1) is 6.61 Å². The van der Waals surface area contributed by atoms with E-state index >= 15 is 0 Å². The highest BCUT2D eigenvalue weighted by Crippen LogP contribution is 2.16. The van der Waals surface area contributed by atoms with Crippen LogP contribution in [-0.2, 0) is 16.0 Å². The van der Waals surface area contributed by atoms with E-state index in [2.05, 4.69) is 15.9 Å². The zero-order valence-electron chi connectivity index (χ0n) is 12.8. The second-order valence-corrected chi connectivity index (χ2v) is 5.76. The van der Waals surface area contributed by atoms with Gasteiger partial charge in [0.1, 0.15) is 5.75 Å². The highest BCUT2D eigenvalue weighted by Gasteiger charge is 2.08. The number of Topliss-reactive ketones (excluding diaryl/α,β-unsaturated/α-hetero) is 1. The van der Waals surface area contributed by atoms with E-state index in [1.54, 1.807) is 31.2 Å². The van der Waals surface area contributed by atoms with Gasteiger partial charge in [0.15, 0.2) is 12.4 Å². The molecule has 0 N–H and O–H groups in total. The smallest absolute Gasteiger partial charge is 0.344 e. The third-order valence-electron chi connectivity index (χ3n) is 3.12. The average molecular weight is 377 g/mol. The minimum absolute atomic E-state index is 0.0317. The molecule has 0 atom stereocenters. The Bertz CT molecular complexity index is 662. The molecule has 120 valence electrons. The van der Waals surface area contributed by atoms with Crippen molar-refractivity contribution >= 4 is 27.7 Å². The highest BCUT2D eigenvalue weighted by molar-refractivity contribution is 9.10. The third kappa shape index (κ3) is 5.53. The molecule has 0 spiro atoms. The SMILES string of the molecule is CCOC(=O)COc1ccc(C(=O)Cc2ccc(Br)cc2)cc1. The summed E-state index contributed by atoms with van der Waals surface area (Å²) in [5, 5.41) is 0. The molecule has 23 heavy (non-hydrogen) atoms. The number of ether oxygens (including phenoxy) is 2. The summed E-state index contributed by atoms with van der Waals surface area (Å²) < 4.78 is 11.1. The number of halogens is 1. The molecule has 0 amide bonds. The summed E-state index contributed by atoms with van der Waals surface area (Å²) in [7, 11) is 0. The summed E-state index contributed by atoms with van der Waals surface area (Å²) in [6.07, 6.45) is 0.344. The molecule has 0 aliphatic heterocycles. The van der Waals surface area contributed by atoms with Gasteiger partial charge in [-0.25, -0.2) is 4.79 Å². The lowest BCUT2D eigenvalue weighted by Gasteiger charge is -2.07. The van der Waals surface area contributed by atoms with Crippen molar-refractivity contribution in [1.29, 1.82) is 0 Å². The Hall–Kier alpha value is -2.14. The first-order valence-electron chi connectivity index (χ1n) is 7.24. The van der Waals surface area contributed by atoms with E-state index in [9.17, 15) is 9.59 Å². The van der Waals surface area contributed by atoms with Crippen LogP contribution in [0.4, 0.5) is 0 Å². The summed E-state index contributed by atoms with van der Waals surface area (Å²) in [5.41, 5.74) is 1.57. The van der Waals surface area contributed by atoms with Crippen molar-refractivity contribution < 1.29 is 19.1 Å². The van der Waals surface area contributed by atoms with Crippen LogP contribution >= 0.6 is 15.9 Å². The minimum Gasteiger partial charge on any atom is -0.482 e. The van der Waals surface area contributed by atoms with Crippen molar-refractivity contribution in [2.45, 2.75) is 13.3 Å². The number of esters is 1. The van der Waals surface area contributed by atoms with Gasteiger partial charge in [0.2, 0.25) is 0 Å². The number of hydrogen-bond donors (Lipinski definition) is 0. The lowest BCUT2D eigenvalue weighted by Crippen LogP contribution is -2.14. The Kier molecular flexibility index (Phi) is 6.35. The molecule has 0 unspecified atom stereocenters. The van der Waals surface area contributed by atoms with E-state index < -0.39 is 5.97 Å². The van der Waals surface area contributed by atoms with Crippen LogP contribution in [0, 0.1) is 0 Å². The van der Waals surface area contributed by atoms with Crippen LogP contribution in [0.2, 0.25) is 0 Å². The van der Waals surface area contributed by atoms with Crippen LogP contribution in [-0.4, -0.2) is 25.0 Å². The normalized spacial score (nSPS) is 10.2. The van der Waals surface area contributed by atoms with Gasteiger partial charge >= 0.3 is 5.97 Å². The monoisotopic (exact) mass is 376 g/mol. The van der Waals surface area contributed by atoms with Crippen molar-refractivity contribution in [3.63, 3.8) is 0 Å². The molecule has 0 heterocycles. The fraction of sp³-hybridized carbons (Fsp3) is 0.222. The largest absolute Gasteiger partial charge is 0.482 e. The quantitative estimate of drug-likeness (QED) is 0.544. The van der Waals surface area contributed by atoms with E-state index in [0.717, 1.165) is 10.0 Å². The summed E-state index contributed by atoms with van der Waals surface area (Å²) in [6.45, 7) is 1.93. The fourth-order valence-corrected chi connectivity index (χ4v) is 2.24. The van der Waals surface area contributed by atoms with Crippen LogP contribution in [0.1, 0.15) is 22.8 Å². The van der Waals surface area contributed by atoms with Crippen molar-refractivity contribution in [1.82, 2.24) is 0 Å². The molecule has 5 heteroatoms. The molecule has 4 nitrogen and oxygen atoms in total. The molecular weight excluding hydrogens is 360 g/mol. The Morgan fingerprint density at radius 1 is 1.00 bits per heavy atom. The molecule has 2 aromatic rings. The number of rotatable bonds is 7. The molecule has 0 aromatic heterocycles. The summed E-state index contributed by atoms with van der Waals surface area (Å²) in [4.78, 5) is 23.4. The molecule has 2 rings (SSSR count). The molecular formula is C18H17BrO4. The van der Waals surface area contributed by atoms with E-state index in [-0.39, 0.29) is 12.4 Å². The maximum Gasteiger partial charge on any atom is 0.344 e. The number of hydrogen-bond acceptors (Lipinski definition) is 4. The predicted molar refractivity (Wildman–Crippen MR) is 90.7 cm³/mol. The van der Waals surface area contributed by atoms with Gasteiger partial charge < -0.3 is 9.47 Å². The fourth-order valence-electron chi connectivity index (χ4n) is 1.97. The second kappa shape index (κ2) is 8.48. The standard InChI is InChI=1S/C18H17BrO4/c1-2-22-18(21)12-23-16-9-5-14(6-10-16)17(20)11-13-3-7-15(19)8-4-13/h3-10H,2,11-12H2,1H3. The molecule has 0 aliphatic carbocycles. The molecule has 0 radical (unpaired) electrons. The van der Waals surface area contributed by atoms with Crippen molar-refractivity contribution in [3.05, 3.63) is 64.1 Å². The van der Waals surface area contributed by atoms with Gasteiger partial charge in [-0.15, -0.1) is 0 Å². The topological polar surface area (TPSA) is 52.6 Å². The summed E-state index contributed by atoms with van der Waals surface area (Å²) in [5.74, 6) is 0.144. The highest BCUT2D eigenvalue weighted by atomic mass is 79.9. The summed E-state index contributed by atoms with van der Waals surface area (Å²) in [6, 6.07) is 14.4. The average Bonchev–Trinajstić information content (AvgIpc) is 2.56. The molecule has 2 aromatic carbocycles. The second-order valence-electron chi connectivity index (χ2n) is 4.84. The van der Waals surface area contributed by atoms with Gasteiger partial charge in [-0.05, 0) is 48.9 Å². The van der Waals surface area contributed by atoms with Crippen molar-refractivity contribution in [3.8, 4) is 5.75 Å². The molecule has 0 saturated carbocycles. The van der Waals surface area contributed by atoms with Crippen LogP contribution in [0.5, 0.6) is 5.75 Å². The zero-order valence-corrected chi connectivity index (χ0v) is 14.3. The maximum atomic E-state index is 12.2. The molecule has 0 saturated heterocycles. The lowest BCUT2D eigenvalue weighted by molar-refractivity contribution is -0.145. The Morgan fingerprint density at radius 3 is 2.26 bits per heavy atom. The van der Waals surface area contributed by atoms with Crippen molar-refractivity contribution in [2.75, 3.05) is 13.2 Å². The van der Waals surface area contributed by atoms with E-state index in [0.29, 0.717) is 24.3 Å². The van der Waals surface area contributed by atoms with E-state index in [4.69, 9.17) is 9.47 Å².